The second kappa shape index (κ2) is 11.2. The van der Waals surface area contributed by atoms with Crippen LogP contribution in [-0.4, -0.2) is 52.2 Å². The van der Waals surface area contributed by atoms with E-state index in [9.17, 15) is 14.0 Å². The number of benzene rings is 2. The van der Waals surface area contributed by atoms with Crippen molar-refractivity contribution < 1.29 is 8.78 Å². The van der Waals surface area contributed by atoms with Gasteiger partial charge in [-0.2, -0.15) is 5.26 Å². The third-order valence-corrected chi connectivity index (χ3v) is 7.29. The summed E-state index contributed by atoms with van der Waals surface area (Å²) in [6.07, 6.45) is 3.34. The fraction of sp³-hybridized carbons (Fsp3) is 0.345. The summed E-state index contributed by atoms with van der Waals surface area (Å²) in [5, 5.41) is 17.9. The smallest absolute Gasteiger partial charge is 0.154 e. The topological polar surface area (TPSA) is 72.5 Å². The van der Waals surface area contributed by atoms with Gasteiger partial charge in [-0.3, -0.25) is 0 Å². The maximum absolute atomic E-state index is 14.6. The lowest BCUT2D eigenvalue weighted by Crippen LogP contribution is -2.28. The molecule has 5 rings (SSSR count). The number of nitrogens with zero attached hydrogens (tertiary/aromatic N) is 6. The van der Waals surface area contributed by atoms with Crippen LogP contribution >= 0.6 is 0 Å². The Kier molecular flexibility index (Phi) is 7.52. The fourth-order valence-corrected chi connectivity index (χ4v) is 5.18. The number of nitriles is 1. The van der Waals surface area contributed by atoms with Crippen molar-refractivity contribution in [3.05, 3.63) is 77.5 Å². The monoisotopic (exact) mass is 515 g/mol. The molecule has 3 heterocycles. The van der Waals surface area contributed by atoms with Crippen LogP contribution < -0.4 is 10.2 Å². The Balaban J connectivity index is 1.46. The van der Waals surface area contributed by atoms with E-state index < -0.39 is 11.6 Å². The largest absolute Gasteiger partial charge is 0.383 e. The Bertz CT molecular complexity index is 1470. The molecule has 0 spiro atoms. The van der Waals surface area contributed by atoms with Gasteiger partial charge in [-0.05, 0) is 68.4 Å². The molecule has 1 fully saturated rings. The molecule has 0 radical (unpaired) electrons. The number of hydrogen-bond donors (Lipinski definition) is 1. The molecule has 7 nitrogen and oxygen atoms in total. The van der Waals surface area contributed by atoms with Gasteiger partial charge >= 0.3 is 0 Å². The van der Waals surface area contributed by atoms with E-state index in [1.165, 1.54) is 12.1 Å². The van der Waals surface area contributed by atoms with Crippen molar-refractivity contribution in [2.45, 2.75) is 32.7 Å². The summed E-state index contributed by atoms with van der Waals surface area (Å²) in [6, 6.07) is 15.0. The van der Waals surface area contributed by atoms with Gasteiger partial charge in [0.2, 0.25) is 0 Å². The molecule has 1 saturated heterocycles. The minimum Gasteiger partial charge on any atom is -0.383 e. The van der Waals surface area contributed by atoms with Crippen LogP contribution in [0.4, 0.5) is 20.3 Å². The number of fused-ring (bicyclic) bond motifs is 1. The van der Waals surface area contributed by atoms with Crippen LogP contribution in [0, 0.1) is 23.0 Å². The molecule has 0 aliphatic carbocycles. The van der Waals surface area contributed by atoms with Crippen molar-refractivity contribution in [1.82, 2.24) is 19.5 Å². The zero-order chi connectivity index (χ0) is 26.6. The molecule has 0 bridgehead atoms. The molecule has 2 aromatic heterocycles. The Hall–Kier alpha value is -4.03. The predicted molar refractivity (Wildman–Crippen MR) is 145 cm³/mol. The third-order valence-electron chi connectivity index (χ3n) is 7.29. The number of likely N-dealkylation sites (N-methyl/N-ethyl adjacent to an activating group) is 1. The lowest BCUT2D eigenvalue weighted by molar-refractivity contribution is 0.316. The van der Waals surface area contributed by atoms with Crippen LogP contribution in [0.15, 0.2) is 54.7 Å². The van der Waals surface area contributed by atoms with Crippen LogP contribution in [0.3, 0.4) is 0 Å². The normalized spacial score (nSPS) is 15.4. The number of anilines is 2. The lowest BCUT2D eigenvalue weighted by atomic mass is 10.0. The molecule has 4 aromatic rings. The molecule has 196 valence electrons. The van der Waals surface area contributed by atoms with E-state index in [0.717, 1.165) is 62.0 Å². The Morgan fingerprint density at radius 3 is 2.74 bits per heavy atom. The SMILES string of the molecule is CCN(CC)CCNc1cc(-c2cnc3ccc(N4CCCC4c4cc(F)ccc4F)nn23)ccc1C#N. The first kappa shape index (κ1) is 25.6. The number of rotatable bonds is 9. The Morgan fingerprint density at radius 1 is 1.11 bits per heavy atom. The zero-order valence-electron chi connectivity index (χ0n) is 21.7. The first-order valence-corrected chi connectivity index (χ1v) is 13.1. The van der Waals surface area contributed by atoms with Crippen LogP contribution in [0.25, 0.3) is 16.9 Å². The minimum atomic E-state index is -0.448. The minimum absolute atomic E-state index is 0.292. The van der Waals surface area contributed by atoms with E-state index in [4.69, 9.17) is 5.10 Å². The molecular formula is C29H31F2N7. The molecule has 1 N–H and O–H groups in total. The zero-order valence-corrected chi connectivity index (χ0v) is 21.7. The molecule has 2 aromatic carbocycles. The number of hydrogen-bond acceptors (Lipinski definition) is 6. The van der Waals surface area contributed by atoms with Crippen molar-refractivity contribution in [2.75, 3.05) is 42.9 Å². The standard InChI is InChI=1S/C29H31F2N7/c1-3-36(4-2)15-13-33-25-16-20(7-8-21(25)18-32)27-19-34-28-11-12-29(35-38(27)28)37-14-5-6-26(37)23-17-22(30)9-10-24(23)31/h7-12,16-17,19,26,33H,3-6,13-15H2,1-2H3. The number of nitrogens with one attached hydrogen (secondary N) is 1. The van der Waals surface area contributed by atoms with Crippen molar-refractivity contribution in [1.29, 1.82) is 5.26 Å². The Labute approximate surface area is 221 Å². The van der Waals surface area contributed by atoms with Crippen molar-refractivity contribution in [3.8, 4) is 17.3 Å². The maximum Gasteiger partial charge on any atom is 0.154 e. The summed E-state index contributed by atoms with van der Waals surface area (Å²) in [4.78, 5) is 8.87. The number of aromatic nitrogens is 3. The quantitative estimate of drug-likeness (QED) is 0.311. The van der Waals surface area contributed by atoms with E-state index in [1.807, 2.05) is 35.2 Å². The highest BCUT2D eigenvalue weighted by Crippen LogP contribution is 2.37. The van der Waals surface area contributed by atoms with E-state index in [2.05, 4.69) is 35.1 Å². The van der Waals surface area contributed by atoms with Crippen LogP contribution in [-0.2, 0) is 0 Å². The first-order chi connectivity index (χ1) is 18.5. The lowest BCUT2D eigenvalue weighted by Gasteiger charge is -2.26. The summed E-state index contributed by atoms with van der Waals surface area (Å²) < 4.78 is 30.3. The van der Waals surface area contributed by atoms with Gasteiger partial charge in [-0.15, -0.1) is 5.10 Å². The second-order valence-electron chi connectivity index (χ2n) is 9.45. The van der Waals surface area contributed by atoms with Crippen molar-refractivity contribution >= 4 is 17.2 Å². The highest BCUT2D eigenvalue weighted by atomic mass is 19.1. The average molecular weight is 516 g/mol. The summed E-state index contributed by atoms with van der Waals surface area (Å²) in [6.45, 7) is 8.52. The molecule has 1 unspecified atom stereocenters. The highest BCUT2D eigenvalue weighted by molar-refractivity contribution is 5.71. The summed E-state index contributed by atoms with van der Waals surface area (Å²) >= 11 is 0. The molecule has 1 aliphatic rings. The maximum atomic E-state index is 14.6. The number of halogens is 2. The van der Waals surface area contributed by atoms with Crippen LogP contribution in [0.1, 0.15) is 43.9 Å². The fourth-order valence-electron chi connectivity index (χ4n) is 5.18. The van der Waals surface area contributed by atoms with Gasteiger partial charge < -0.3 is 15.1 Å². The van der Waals surface area contributed by atoms with E-state index in [0.29, 0.717) is 29.1 Å². The summed E-state index contributed by atoms with van der Waals surface area (Å²) in [7, 11) is 0. The highest BCUT2D eigenvalue weighted by Gasteiger charge is 2.30. The van der Waals surface area contributed by atoms with Gasteiger partial charge in [-0.1, -0.05) is 19.9 Å². The second-order valence-corrected chi connectivity index (χ2v) is 9.45. The first-order valence-electron chi connectivity index (χ1n) is 13.1. The molecule has 38 heavy (non-hydrogen) atoms. The van der Waals surface area contributed by atoms with Crippen LogP contribution in [0.2, 0.25) is 0 Å². The predicted octanol–water partition coefficient (Wildman–Crippen LogP) is 5.64. The molecule has 1 atom stereocenters. The molecule has 1 aliphatic heterocycles. The molecule has 0 saturated carbocycles. The van der Waals surface area contributed by atoms with Gasteiger partial charge in [0.1, 0.15) is 23.5 Å². The van der Waals surface area contributed by atoms with Gasteiger partial charge in [0.25, 0.3) is 0 Å². The van der Waals surface area contributed by atoms with Crippen molar-refractivity contribution in [3.63, 3.8) is 0 Å². The summed E-state index contributed by atoms with van der Waals surface area (Å²) in [5.74, 6) is -0.184. The molecular weight excluding hydrogens is 484 g/mol. The van der Waals surface area contributed by atoms with E-state index >= 15 is 0 Å². The average Bonchev–Trinajstić information content (AvgIpc) is 3.59. The van der Waals surface area contributed by atoms with Gasteiger partial charge in [0.15, 0.2) is 5.65 Å². The number of imidazole rings is 1. The van der Waals surface area contributed by atoms with E-state index in [1.54, 1.807) is 10.7 Å². The summed E-state index contributed by atoms with van der Waals surface area (Å²) in [5.41, 5.74) is 4.03. The van der Waals surface area contributed by atoms with E-state index in [-0.39, 0.29) is 6.04 Å². The molecule has 9 heteroatoms. The van der Waals surface area contributed by atoms with Crippen molar-refractivity contribution in [2.24, 2.45) is 0 Å². The van der Waals surface area contributed by atoms with Gasteiger partial charge in [0.05, 0.1) is 29.2 Å². The third kappa shape index (κ3) is 5.04. The van der Waals surface area contributed by atoms with Gasteiger partial charge in [0, 0.05) is 30.8 Å². The van der Waals surface area contributed by atoms with Gasteiger partial charge in [-0.25, -0.2) is 18.3 Å². The molecule has 0 amide bonds. The Morgan fingerprint density at radius 2 is 1.95 bits per heavy atom. The van der Waals surface area contributed by atoms with Crippen LogP contribution in [0.5, 0.6) is 0 Å².